The van der Waals surface area contributed by atoms with Gasteiger partial charge in [-0.25, -0.2) is 14.0 Å². The molecule has 1 heterocycles. The van der Waals surface area contributed by atoms with E-state index in [2.05, 4.69) is 10.4 Å². The third kappa shape index (κ3) is 3.31. The van der Waals surface area contributed by atoms with Crippen LogP contribution in [-0.4, -0.2) is 43.3 Å². The van der Waals surface area contributed by atoms with E-state index in [4.69, 9.17) is 9.84 Å². The van der Waals surface area contributed by atoms with Crippen molar-refractivity contribution in [1.29, 1.82) is 0 Å². The lowest BCUT2D eigenvalue weighted by Gasteiger charge is -2.14. The molecule has 0 aliphatic rings. The van der Waals surface area contributed by atoms with Crippen molar-refractivity contribution in [2.24, 2.45) is 7.05 Å². The Morgan fingerprint density at radius 3 is 2.50 bits per heavy atom. The number of aromatic nitrogens is 4. The highest BCUT2D eigenvalue weighted by Gasteiger charge is 2.20. The lowest BCUT2D eigenvalue weighted by Crippen LogP contribution is -2.24. The minimum atomic E-state index is -1.67. The smallest absolute Gasteiger partial charge is 0.375 e. The summed E-state index contributed by atoms with van der Waals surface area (Å²) < 4.78 is 21.1. The first-order valence-electron chi connectivity index (χ1n) is 6.94. The molecule has 9 nitrogen and oxygen atoms in total. The number of benzene rings is 1. The highest BCUT2D eigenvalue weighted by Crippen LogP contribution is 2.29. The molecule has 0 spiro atoms. The number of carbonyl (C=O) groups is 2. The molecule has 0 aliphatic heterocycles. The molecular formula is C14H15FN4O5. The Hall–Kier alpha value is -3.04. The van der Waals surface area contributed by atoms with Gasteiger partial charge in [-0.3, -0.25) is 4.79 Å². The first-order valence-corrected chi connectivity index (χ1v) is 6.94. The fourth-order valence-electron chi connectivity index (χ4n) is 1.95. The number of aryl methyl sites for hydroxylation is 1. The average Bonchev–Trinajstić information content (AvgIpc) is 2.84. The molecule has 0 saturated heterocycles. The minimum Gasteiger partial charge on any atom is -0.483 e. The topological polar surface area (TPSA) is 116 Å². The maximum atomic E-state index is 14.2. The molecule has 2 rings (SSSR count). The largest absolute Gasteiger partial charge is 0.483 e. The van der Waals surface area contributed by atoms with Crippen LogP contribution in [0, 0.1) is 5.82 Å². The number of carbonyl (C=O) groups excluding carboxylic acids is 1. The number of hydrogen-bond donors (Lipinski definition) is 1. The Bertz CT molecular complexity index is 855. The van der Waals surface area contributed by atoms with Crippen molar-refractivity contribution in [3.8, 4) is 11.4 Å². The van der Waals surface area contributed by atoms with Crippen LogP contribution in [0.4, 0.5) is 4.39 Å². The predicted molar refractivity (Wildman–Crippen MR) is 78.8 cm³/mol. The van der Waals surface area contributed by atoms with E-state index in [9.17, 15) is 18.8 Å². The van der Waals surface area contributed by atoms with Crippen molar-refractivity contribution in [1.82, 2.24) is 19.8 Å². The Kier molecular flexibility index (Phi) is 4.77. The van der Waals surface area contributed by atoms with Crippen molar-refractivity contribution < 1.29 is 23.8 Å². The molecule has 0 bridgehead atoms. The van der Waals surface area contributed by atoms with Crippen LogP contribution in [0.1, 0.15) is 25.3 Å². The summed E-state index contributed by atoms with van der Waals surface area (Å²) in [6.07, 6.45) is 0. The van der Waals surface area contributed by atoms with E-state index in [0.29, 0.717) is 5.56 Å². The number of halogens is 1. The van der Waals surface area contributed by atoms with Crippen molar-refractivity contribution in [3.63, 3.8) is 0 Å². The van der Waals surface area contributed by atoms with Crippen LogP contribution < -0.4 is 10.4 Å². The van der Waals surface area contributed by atoms with E-state index in [1.807, 2.05) is 0 Å². The van der Waals surface area contributed by atoms with Crippen LogP contribution in [0.3, 0.4) is 0 Å². The summed E-state index contributed by atoms with van der Waals surface area (Å²) in [5, 5.41) is 15.8. The second-order valence-electron chi connectivity index (χ2n) is 5.31. The minimum absolute atomic E-state index is 0.0661. The number of rotatable bonds is 6. The SMILES string of the molecule is CC(C)c1cc(-n2nnn(C)c2=O)c(OCC(=O)C(=O)O)cc1F. The number of carboxylic acid groups (broad SMARTS) is 1. The van der Waals surface area contributed by atoms with E-state index in [-0.39, 0.29) is 17.4 Å². The molecule has 128 valence electrons. The third-order valence-corrected chi connectivity index (χ3v) is 3.25. The van der Waals surface area contributed by atoms with Gasteiger partial charge < -0.3 is 9.84 Å². The fraction of sp³-hybridized carbons (Fsp3) is 0.357. The Balaban J connectivity index is 2.54. The highest BCUT2D eigenvalue weighted by molar-refractivity contribution is 6.33. The molecule has 2 aromatic rings. The van der Waals surface area contributed by atoms with E-state index in [1.165, 1.54) is 13.1 Å². The predicted octanol–water partition coefficient (Wildman–Crippen LogP) is 0.261. The summed E-state index contributed by atoms with van der Waals surface area (Å²) in [4.78, 5) is 33.8. The normalized spacial score (nSPS) is 10.9. The summed E-state index contributed by atoms with van der Waals surface area (Å²) in [5.41, 5.74) is -0.235. The zero-order chi connectivity index (χ0) is 18.0. The van der Waals surface area contributed by atoms with Gasteiger partial charge in [0.1, 0.15) is 17.3 Å². The van der Waals surface area contributed by atoms with Gasteiger partial charge in [0.25, 0.3) is 5.78 Å². The van der Waals surface area contributed by atoms with Crippen LogP contribution in [0.15, 0.2) is 16.9 Å². The number of Topliss-reactive ketones (excluding diaryl/α,β-unsaturated/α-hetero) is 1. The van der Waals surface area contributed by atoms with Crippen LogP contribution in [0.5, 0.6) is 5.75 Å². The fourth-order valence-corrected chi connectivity index (χ4v) is 1.95. The van der Waals surface area contributed by atoms with Gasteiger partial charge >= 0.3 is 11.7 Å². The second kappa shape index (κ2) is 6.60. The average molecular weight is 338 g/mol. The summed E-state index contributed by atoms with van der Waals surface area (Å²) in [6, 6.07) is 2.34. The standard InChI is InChI=1S/C14H15FN4O5/c1-7(2)8-4-10(19-14(23)18(3)16-17-19)12(5-9(8)15)24-6-11(20)13(21)22/h4-5,7H,6H2,1-3H3,(H,21,22). The highest BCUT2D eigenvalue weighted by atomic mass is 19.1. The molecule has 1 aromatic heterocycles. The molecule has 0 radical (unpaired) electrons. The lowest BCUT2D eigenvalue weighted by molar-refractivity contribution is -0.150. The second-order valence-corrected chi connectivity index (χ2v) is 5.31. The van der Waals surface area contributed by atoms with Gasteiger partial charge in [0.15, 0.2) is 6.61 Å². The van der Waals surface area contributed by atoms with Gasteiger partial charge in [0.2, 0.25) is 0 Å². The van der Waals surface area contributed by atoms with E-state index < -0.39 is 29.9 Å². The quantitative estimate of drug-likeness (QED) is 0.751. The molecule has 0 fully saturated rings. The van der Waals surface area contributed by atoms with Crippen LogP contribution in [0.2, 0.25) is 0 Å². The van der Waals surface area contributed by atoms with E-state index in [1.54, 1.807) is 13.8 Å². The zero-order valence-corrected chi connectivity index (χ0v) is 13.2. The van der Waals surface area contributed by atoms with Gasteiger partial charge in [-0.2, -0.15) is 9.36 Å². The monoisotopic (exact) mass is 338 g/mol. The Morgan fingerprint density at radius 1 is 1.33 bits per heavy atom. The molecule has 10 heteroatoms. The number of nitrogens with zero attached hydrogens (tertiary/aromatic N) is 4. The molecule has 0 amide bonds. The van der Waals surface area contributed by atoms with E-state index >= 15 is 0 Å². The number of tetrazole rings is 1. The number of ether oxygens (including phenoxy) is 1. The van der Waals surface area contributed by atoms with Gasteiger partial charge in [0, 0.05) is 13.1 Å². The van der Waals surface area contributed by atoms with Gasteiger partial charge in [-0.05, 0) is 28.0 Å². The molecule has 0 aliphatic carbocycles. The maximum absolute atomic E-state index is 14.2. The van der Waals surface area contributed by atoms with Crippen LogP contribution in [0.25, 0.3) is 5.69 Å². The molecule has 0 atom stereocenters. The first kappa shape index (κ1) is 17.3. The molecule has 24 heavy (non-hydrogen) atoms. The summed E-state index contributed by atoms with van der Waals surface area (Å²) in [7, 11) is 1.38. The van der Waals surface area contributed by atoms with Crippen LogP contribution >= 0.6 is 0 Å². The molecule has 1 aromatic carbocycles. The van der Waals surface area contributed by atoms with Gasteiger partial charge in [-0.1, -0.05) is 13.8 Å². The molecule has 0 saturated carbocycles. The summed E-state index contributed by atoms with van der Waals surface area (Å²) in [5.74, 6) is -3.86. The first-order chi connectivity index (χ1) is 11.2. The lowest BCUT2D eigenvalue weighted by atomic mass is 10.0. The molecule has 1 N–H and O–H groups in total. The van der Waals surface area contributed by atoms with Crippen molar-refractivity contribution in [2.45, 2.75) is 19.8 Å². The number of hydrogen-bond acceptors (Lipinski definition) is 6. The number of aliphatic carboxylic acids is 1. The summed E-state index contributed by atoms with van der Waals surface area (Å²) in [6.45, 7) is 2.71. The summed E-state index contributed by atoms with van der Waals surface area (Å²) >= 11 is 0. The van der Waals surface area contributed by atoms with Crippen LogP contribution in [-0.2, 0) is 16.6 Å². The zero-order valence-electron chi connectivity index (χ0n) is 13.2. The third-order valence-electron chi connectivity index (χ3n) is 3.25. The molecule has 0 unspecified atom stereocenters. The van der Waals surface area contributed by atoms with Crippen molar-refractivity contribution >= 4 is 11.8 Å². The number of carboxylic acids is 1. The molecular weight excluding hydrogens is 323 g/mol. The van der Waals surface area contributed by atoms with Crippen molar-refractivity contribution in [2.75, 3.05) is 6.61 Å². The van der Waals surface area contributed by atoms with E-state index in [0.717, 1.165) is 15.4 Å². The number of ketones is 1. The Morgan fingerprint density at radius 2 is 2.00 bits per heavy atom. The Labute approximate surface area is 135 Å². The van der Waals surface area contributed by atoms with Gasteiger partial charge in [-0.15, -0.1) is 0 Å². The van der Waals surface area contributed by atoms with Crippen molar-refractivity contribution in [3.05, 3.63) is 34.0 Å². The van der Waals surface area contributed by atoms with Gasteiger partial charge in [0.05, 0.1) is 0 Å². The maximum Gasteiger partial charge on any atom is 0.375 e.